The van der Waals surface area contributed by atoms with E-state index in [0.29, 0.717) is 5.56 Å². The number of halogens is 6. The minimum absolute atomic E-state index is 0.00539. The molecule has 1 N–H and O–H groups in total. The van der Waals surface area contributed by atoms with Crippen LogP contribution in [-0.4, -0.2) is 28.6 Å². The number of carbonyl (C=O) groups excluding carboxylic acids is 1. The number of amides is 1. The van der Waals surface area contributed by atoms with E-state index in [4.69, 9.17) is 0 Å². The molecule has 3 rings (SSSR count). The normalized spacial score (nSPS) is 20.7. The predicted octanol–water partition coefficient (Wildman–Crippen LogP) is 5.55. The first-order valence-electron chi connectivity index (χ1n) is 9.68. The molecule has 0 radical (unpaired) electrons. The number of hydrogen-bond donors (Lipinski definition) is 1. The molecule has 1 fully saturated rings. The number of β-amino-alcohol motifs (C(OH)–C–C–N with tert-alkyl or cyclic N) is 1. The maximum atomic E-state index is 13.3. The fourth-order valence-corrected chi connectivity index (χ4v) is 3.97. The molecular weight excluding hydrogens is 424 g/mol. The van der Waals surface area contributed by atoms with E-state index in [1.807, 2.05) is 0 Å². The summed E-state index contributed by atoms with van der Waals surface area (Å²) in [5.41, 5.74) is -1.21. The van der Waals surface area contributed by atoms with Gasteiger partial charge in [-0.05, 0) is 41.7 Å². The molecule has 1 aliphatic heterocycles. The second-order valence-corrected chi connectivity index (χ2v) is 7.76. The Bertz CT molecular complexity index is 923. The van der Waals surface area contributed by atoms with Crippen LogP contribution in [0.5, 0.6) is 0 Å². The van der Waals surface area contributed by atoms with E-state index in [2.05, 4.69) is 0 Å². The highest BCUT2D eigenvalue weighted by Gasteiger charge is 2.38. The first-order valence-corrected chi connectivity index (χ1v) is 9.68. The van der Waals surface area contributed by atoms with E-state index in [0.717, 1.165) is 18.2 Å². The summed E-state index contributed by atoms with van der Waals surface area (Å²) < 4.78 is 78.3. The van der Waals surface area contributed by atoms with Gasteiger partial charge in [-0.3, -0.25) is 4.79 Å². The summed E-state index contributed by atoms with van der Waals surface area (Å²) in [7, 11) is 0. The van der Waals surface area contributed by atoms with Gasteiger partial charge in [-0.15, -0.1) is 0 Å². The Morgan fingerprint density at radius 1 is 1.03 bits per heavy atom. The highest BCUT2D eigenvalue weighted by molar-refractivity contribution is 5.78. The number of benzene rings is 2. The lowest BCUT2D eigenvalue weighted by Crippen LogP contribution is -2.32. The van der Waals surface area contributed by atoms with Gasteiger partial charge in [0.15, 0.2) is 0 Å². The molecule has 2 aromatic carbocycles. The van der Waals surface area contributed by atoms with Crippen LogP contribution in [0, 0.1) is 0 Å². The zero-order valence-corrected chi connectivity index (χ0v) is 16.5. The van der Waals surface area contributed by atoms with Crippen LogP contribution >= 0.6 is 0 Å². The van der Waals surface area contributed by atoms with Crippen molar-refractivity contribution in [2.75, 3.05) is 6.54 Å². The molecule has 168 valence electrons. The molecule has 0 aliphatic carbocycles. The van der Waals surface area contributed by atoms with Crippen molar-refractivity contribution < 1.29 is 36.2 Å². The standard InChI is InChI=1S/C22H21F6NO2/c1-13(17-4-2-3-5-18(17)22(26,27)28)10-20(31)29-12-16(30)11-19(29)14-6-8-15(9-7-14)21(23,24)25/h2-9,13,16,19,30H,10-12H2,1H3/t13-,16+,19-/m1/s1. The van der Waals surface area contributed by atoms with Gasteiger partial charge >= 0.3 is 12.4 Å². The molecule has 1 amide bonds. The zero-order valence-electron chi connectivity index (χ0n) is 16.5. The second kappa shape index (κ2) is 8.53. The monoisotopic (exact) mass is 445 g/mol. The number of hydrogen-bond acceptors (Lipinski definition) is 2. The number of likely N-dealkylation sites (tertiary alicyclic amines) is 1. The highest BCUT2D eigenvalue weighted by Crippen LogP contribution is 2.38. The maximum Gasteiger partial charge on any atom is 0.416 e. The molecule has 1 saturated heterocycles. The fraction of sp³-hybridized carbons (Fsp3) is 0.409. The summed E-state index contributed by atoms with van der Waals surface area (Å²) in [5.74, 6) is -1.21. The topological polar surface area (TPSA) is 40.5 Å². The predicted molar refractivity (Wildman–Crippen MR) is 101 cm³/mol. The minimum Gasteiger partial charge on any atom is -0.391 e. The highest BCUT2D eigenvalue weighted by atomic mass is 19.4. The summed E-state index contributed by atoms with van der Waals surface area (Å²) >= 11 is 0. The minimum atomic E-state index is -4.56. The van der Waals surface area contributed by atoms with Crippen LogP contribution in [-0.2, 0) is 17.1 Å². The molecule has 0 aromatic heterocycles. The van der Waals surface area contributed by atoms with Crippen LogP contribution in [0.4, 0.5) is 26.3 Å². The molecule has 31 heavy (non-hydrogen) atoms. The third-order valence-electron chi connectivity index (χ3n) is 5.50. The summed E-state index contributed by atoms with van der Waals surface area (Å²) in [4.78, 5) is 14.2. The van der Waals surface area contributed by atoms with Crippen LogP contribution in [0.25, 0.3) is 0 Å². The van der Waals surface area contributed by atoms with Crippen LogP contribution in [0.3, 0.4) is 0 Å². The Kier molecular flexibility index (Phi) is 6.36. The van der Waals surface area contributed by atoms with E-state index >= 15 is 0 Å². The molecule has 1 aliphatic rings. The van der Waals surface area contributed by atoms with Gasteiger partial charge in [-0.25, -0.2) is 0 Å². The Morgan fingerprint density at radius 2 is 1.65 bits per heavy atom. The summed E-state index contributed by atoms with van der Waals surface area (Å²) in [5, 5.41) is 10.0. The third kappa shape index (κ3) is 5.20. The Balaban J connectivity index is 1.79. The molecule has 9 heteroatoms. The van der Waals surface area contributed by atoms with Gasteiger partial charge in [0.2, 0.25) is 5.91 Å². The van der Waals surface area contributed by atoms with Gasteiger partial charge in [-0.2, -0.15) is 26.3 Å². The van der Waals surface area contributed by atoms with Crippen LogP contribution in [0.15, 0.2) is 48.5 Å². The lowest BCUT2D eigenvalue weighted by Gasteiger charge is -2.27. The average molecular weight is 445 g/mol. The van der Waals surface area contributed by atoms with Gasteiger partial charge in [0.1, 0.15) is 0 Å². The van der Waals surface area contributed by atoms with Crippen molar-refractivity contribution in [2.24, 2.45) is 0 Å². The summed E-state index contributed by atoms with van der Waals surface area (Å²) in [6.07, 6.45) is -10.00. The molecule has 0 saturated carbocycles. The smallest absolute Gasteiger partial charge is 0.391 e. The Hall–Kier alpha value is -2.55. The molecule has 0 spiro atoms. The lowest BCUT2D eigenvalue weighted by molar-refractivity contribution is -0.139. The molecule has 0 bridgehead atoms. The van der Waals surface area contributed by atoms with Gasteiger partial charge in [0.05, 0.1) is 23.3 Å². The van der Waals surface area contributed by atoms with E-state index < -0.39 is 47.5 Å². The second-order valence-electron chi connectivity index (χ2n) is 7.76. The Labute approximate surface area is 175 Å². The van der Waals surface area contributed by atoms with E-state index in [1.165, 1.54) is 42.2 Å². The number of alkyl halides is 6. The van der Waals surface area contributed by atoms with Crippen molar-refractivity contribution in [3.8, 4) is 0 Å². The van der Waals surface area contributed by atoms with Crippen molar-refractivity contribution in [2.45, 2.75) is 50.2 Å². The molecule has 2 aromatic rings. The molecule has 1 heterocycles. The van der Waals surface area contributed by atoms with Gasteiger partial charge in [-0.1, -0.05) is 37.3 Å². The fourth-order valence-electron chi connectivity index (χ4n) is 3.97. The van der Waals surface area contributed by atoms with Crippen LogP contribution < -0.4 is 0 Å². The van der Waals surface area contributed by atoms with E-state index in [9.17, 15) is 36.2 Å². The van der Waals surface area contributed by atoms with Crippen molar-refractivity contribution in [1.29, 1.82) is 0 Å². The summed E-state index contributed by atoms with van der Waals surface area (Å²) in [6, 6.07) is 8.72. The van der Waals surface area contributed by atoms with Gasteiger partial charge < -0.3 is 10.0 Å². The molecular formula is C22H21F6NO2. The van der Waals surface area contributed by atoms with Crippen molar-refractivity contribution in [3.63, 3.8) is 0 Å². The number of carbonyl (C=O) groups is 1. The number of aliphatic hydroxyl groups is 1. The van der Waals surface area contributed by atoms with Gasteiger partial charge in [0.25, 0.3) is 0 Å². The van der Waals surface area contributed by atoms with E-state index in [1.54, 1.807) is 0 Å². The van der Waals surface area contributed by atoms with Crippen molar-refractivity contribution in [1.82, 2.24) is 4.90 Å². The molecule has 3 atom stereocenters. The average Bonchev–Trinajstić information content (AvgIpc) is 3.08. The van der Waals surface area contributed by atoms with Crippen LogP contribution in [0.1, 0.15) is 54.0 Å². The third-order valence-corrected chi connectivity index (χ3v) is 5.50. The van der Waals surface area contributed by atoms with E-state index in [-0.39, 0.29) is 24.9 Å². The summed E-state index contributed by atoms with van der Waals surface area (Å²) in [6.45, 7) is 1.49. The largest absolute Gasteiger partial charge is 0.416 e. The van der Waals surface area contributed by atoms with Crippen molar-refractivity contribution in [3.05, 3.63) is 70.8 Å². The number of aliphatic hydroxyl groups excluding tert-OH is 1. The van der Waals surface area contributed by atoms with Gasteiger partial charge in [0, 0.05) is 13.0 Å². The van der Waals surface area contributed by atoms with Crippen molar-refractivity contribution >= 4 is 5.91 Å². The maximum absolute atomic E-state index is 13.3. The first-order chi connectivity index (χ1) is 14.4. The quantitative estimate of drug-likeness (QED) is 0.627. The molecule has 0 unspecified atom stereocenters. The number of rotatable bonds is 4. The SMILES string of the molecule is C[C@H](CC(=O)N1C[C@@H](O)C[C@@H]1c1ccc(C(F)(F)F)cc1)c1ccccc1C(F)(F)F. The lowest BCUT2D eigenvalue weighted by atomic mass is 9.92. The van der Waals surface area contributed by atoms with Crippen LogP contribution in [0.2, 0.25) is 0 Å². The zero-order chi connectivity index (χ0) is 23.0. The number of nitrogens with zero attached hydrogens (tertiary/aromatic N) is 1. The molecule has 3 nitrogen and oxygen atoms in total. The first kappa shape index (κ1) is 23.1. The Morgan fingerprint density at radius 3 is 2.23 bits per heavy atom.